The van der Waals surface area contributed by atoms with E-state index >= 15 is 0 Å². The third-order valence-electron chi connectivity index (χ3n) is 2.31. The highest BCUT2D eigenvalue weighted by Crippen LogP contribution is 2.19. The summed E-state index contributed by atoms with van der Waals surface area (Å²) in [6.45, 7) is 1.88. The van der Waals surface area contributed by atoms with Gasteiger partial charge >= 0.3 is 6.03 Å². The van der Waals surface area contributed by atoms with Crippen LogP contribution in [-0.2, 0) is 0 Å². The van der Waals surface area contributed by atoms with Crippen molar-refractivity contribution in [1.82, 2.24) is 10.3 Å². The number of nitrogens with two attached hydrogens (primary N) is 1. The summed E-state index contributed by atoms with van der Waals surface area (Å²) >= 11 is 0. The van der Waals surface area contributed by atoms with Crippen molar-refractivity contribution in [3.05, 3.63) is 17.8 Å². The maximum absolute atomic E-state index is 11.4. The molecule has 4 N–H and O–H groups in total. The van der Waals surface area contributed by atoms with Crippen molar-refractivity contribution in [1.29, 1.82) is 0 Å². The van der Waals surface area contributed by atoms with Gasteiger partial charge in [-0.15, -0.1) is 0 Å². The Hall–Kier alpha value is -1.78. The highest BCUT2D eigenvalue weighted by Gasteiger charge is 2.23. The number of carbonyl (C=O) groups excluding carboxylic acids is 1. The van der Waals surface area contributed by atoms with Crippen LogP contribution >= 0.6 is 0 Å². The molecule has 15 heavy (non-hydrogen) atoms. The quantitative estimate of drug-likeness (QED) is 0.681. The summed E-state index contributed by atoms with van der Waals surface area (Å²) in [5.41, 5.74) is 7.16. The number of aromatic nitrogens is 1. The normalized spacial score (nSPS) is 14.7. The molecule has 0 bridgehead atoms. The summed E-state index contributed by atoms with van der Waals surface area (Å²) in [4.78, 5) is 15.4. The number of hydrogen-bond donors (Lipinski definition) is 3. The van der Waals surface area contributed by atoms with Crippen LogP contribution in [0.15, 0.2) is 12.3 Å². The SMILES string of the molecule is Cc1cc(NC(=O)NC2CC2)ncc1N. The second kappa shape index (κ2) is 3.76. The van der Waals surface area contributed by atoms with E-state index in [1.54, 1.807) is 12.3 Å². The van der Waals surface area contributed by atoms with Crippen LogP contribution < -0.4 is 16.4 Å². The number of pyridine rings is 1. The molecule has 80 valence electrons. The summed E-state index contributed by atoms with van der Waals surface area (Å²) in [7, 11) is 0. The van der Waals surface area contributed by atoms with Gasteiger partial charge in [0.15, 0.2) is 0 Å². The third-order valence-corrected chi connectivity index (χ3v) is 2.31. The Morgan fingerprint density at radius 3 is 2.93 bits per heavy atom. The van der Waals surface area contributed by atoms with Gasteiger partial charge in [0.05, 0.1) is 11.9 Å². The van der Waals surface area contributed by atoms with E-state index in [0.717, 1.165) is 18.4 Å². The van der Waals surface area contributed by atoms with Crippen LogP contribution in [0.5, 0.6) is 0 Å². The summed E-state index contributed by atoms with van der Waals surface area (Å²) in [5.74, 6) is 0.528. The lowest BCUT2D eigenvalue weighted by Gasteiger charge is -2.07. The first-order chi connectivity index (χ1) is 7.15. The molecule has 0 radical (unpaired) electrons. The average Bonchev–Trinajstić information content (AvgIpc) is 2.95. The third kappa shape index (κ3) is 2.59. The molecule has 1 aliphatic carbocycles. The zero-order valence-corrected chi connectivity index (χ0v) is 8.58. The molecule has 1 fully saturated rings. The molecular weight excluding hydrogens is 192 g/mol. The van der Waals surface area contributed by atoms with E-state index in [2.05, 4.69) is 15.6 Å². The number of aryl methyl sites for hydroxylation is 1. The van der Waals surface area contributed by atoms with Crippen molar-refractivity contribution in [3.8, 4) is 0 Å². The molecule has 1 aliphatic rings. The molecule has 0 aliphatic heterocycles. The zero-order valence-electron chi connectivity index (χ0n) is 8.58. The Kier molecular flexibility index (Phi) is 2.45. The first-order valence-corrected chi connectivity index (χ1v) is 4.95. The highest BCUT2D eigenvalue weighted by molar-refractivity contribution is 5.88. The molecule has 0 unspecified atom stereocenters. The number of urea groups is 1. The predicted molar refractivity (Wildman–Crippen MR) is 58.6 cm³/mol. The minimum absolute atomic E-state index is 0.200. The van der Waals surface area contributed by atoms with Gasteiger partial charge in [-0.05, 0) is 31.4 Å². The van der Waals surface area contributed by atoms with E-state index < -0.39 is 0 Å². The Morgan fingerprint density at radius 2 is 2.33 bits per heavy atom. The van der Waals surface area contributed by atoms with Gasteiger partial charge in [-0.2, -0.15) is 0 Å². The Bertz CT molecular complexity index is 387. The number of nitrogens with zero attached hydrogens (tertiary/aromatic N) is 1. The fourth-order valence-corrected chi connectivity index (χ4v) is 1.20. The molecule has 0 saturated heterocycles. The summed E-state index contributed by atoms with van der Waals surface area (Å²) in [5, 5.41) is 5.48. The van der Waals surface area contributed by atoms with Crippen molar-refractivity contribution >= 4 is 17.5 Å². The lowest BCUT2D eigenvalue weighted by molar-refractivity contribution is 0.251. The van der Waals surface area contributed by atoms with Gasteiger partial charge in [0.25, 0.3) is 0 Å². The minimum atomic E-state index is -0.200. The first-order valence-electron chi connectivity index (χ1n) is 4.95. The molecule has 1 heterocycles. The number of carbonyl (C=O) groups is 1. The number of nitrogens with one attached hydrogen (secondary N) is 2. The van der Waals surface area contributed by atoms with Crippen LogP contribution in [0.1, 0.15) is 18.4 Å². The Labute approximate surface area is 88.1 Å². The second-order valence-electron chi connectivity index (χ2n) is 3.80. The van der Waals surface area contributed by atoms with Crippen LogP contribution in [0.2, 0.25) is 0 Å². The molecule has 0 atom stereocenters. The number of rotatable bonds is 2. The van der Waals surface area contributed by atoms with Crippen molar-refractivity contribution in [2.45, 2.75) is 25.8 Å². The topological polar surface area (TPSA) is 80.0 Å². The number of nitrogen functional groups attached to an aromatic ring is 1. The van der Waals surface area contributed by atoms with Gasteiger partial charge in [0, 0.05) is 6.04 Å². The van der Waals surface area contributed by atoms with Crippen molar-refractivity contribution in [3.63, 3.8) is 0 Å². The molecule has 1 saturated carbocycles. The van der Waals surface area contributed by atoms with Gasteiger partial charge in [0.2, 0.25) is 0 Å². The lowest BCUT2D eigenvalue weighted by atomic mass is 10.2. The van der Waals surface area contributed by atoms with Crippen molar-refractivity contribution in [2.24, 2.45) is 0 Å². The van der Waals surface area contributed by atoms with Crippen LogP contribution in [0.3, 0.4) is 0 Å². The van der Waals surface area contributed by atoms with Gasteiger partial charge < -0.3 is 11.1 Å². The van der Waals surface area contributed by atoms with Crippen LogP contribution in [0.4, 0.5) is 16.3 Å². The zero-order chi connectivity index (χ0) is 10.8. The second-order valence-corrected chi connectivity index (χ2v) is 3.80. The van der Waals surface area contributed by atoms with Crippen molar-refractivity contribution < 1.29 is 4.79 Å². The van der Waals surface area contributed by atoms with Gasteiger partial charge in [0.1, 0.15) is 5.82 Å². The number of anilines is 2. The van der Waals surface area contributed by atoms with Gasteiger partial charge in [-0.3, -0.25) is 5.32 Å². The van der Waals surface area contributed by atoms with E-state index in [9.17, 15) is 4.79 Å². The fraction of sp³-hybridized carbons (Fsp3) is 0.400. The number of hydrogen-bond acceptors (Lipinski definition) is 3. The van der Waals surface area contributed by atoms with Gasteiger partial charge in [-0.25, -0.2) is 9.78 Å². The molecule has 5 nitrogen and oxygen atoms in total. The summed E-state index contributed by atoms with van der Waals surface area (Å²) < 4.78 is 0. The monoisotopic (exact) mass is 206 g/mol. The average molecular weight is 206 g/mol. The Morgan fingerprint density at radius 1 is 1.60 bits per heavy atom. The Balaban J connectivity index is 1.97. The fourth-order valence-electron chi connectivity index (χ4n) is 1.20. The maximum Gasteiger partial charge on any atom is 0.320 e. The van der Waals surface area contributed by atoms with Crippen LogP contribution in [0, 0.1) is 6.92 Å². The molecule has 0 aromatic carbocycles. The minimum Gasteiger partial charge on any atom is -0.397 e. The molecule has 2 amide bonds. The maximum atomic E-state index is 11.4. The molecule has 1 aromatic heterocycles. The van der Waals surface area contributed by atoms with E-state index in [0.29, 0.717) is 17.5 Å². The molecule has 0 spiro atoms. The van der Waals surface area contributed by atoms with E-state index in [4.69, 9.17) is 5.73 Å². The van der Waals surface area contributed by atoms with E-state index in [1.165, 1.54) is 0 Å². The molecule has 5 heteroatoms. The predicted octanol–water partition coefficient (Wildman–Crippen LogP) is 1.26. The van der Waals surface area contributed by atoms with Crippen molar-refractivity contribution in [2.75, 3.05) is 11.1 Å². The molecule has 2 rings (SSSR count). The van der Waals surface area contributed by atoms with E-state index in [1.807, 2.05) is 6.92 Å². The summed E-state index contributed by atoms with van der Waals surface area (Å²) in [6, 6.07) is 1.90. The molecule has 1 aromatic rings. The number of amides is 2. The van der Waals surface area contributed by atoms with Gasteiger partial charge in [-0.1, -0.05) is 0 Å². The summed E-state index contributed by atoms with van der Waals surface area (Å²) in [6.07, 6.45) is 3.69. The first kappa shape index (κ1) is 9.76. The van der Waals surface area contributed by atoms with Crippen LogP contribution in [0.25, 0.3) is 0 Å². The standard InChI is InChI=1S/C10H14N4O/c1-6-4-9(12-5-8(6)11)14-10(15)13-7-2-3-7/h4-5,7H,2-3,11H2,1H3,(H2,12,13,14,15). The lowest BCUT2D eigenvalue weighted by Crippen LogP contribution is -2.30. The highest BCUT2D eigenvalue weighted by atomic mass is 16.2. The largest absolute Gasteiger partial charge is 0.397 e. The molecular formula is C10H14N4O. The van der Waals surface area contributed by atoms with E-state index in [-0.39, 0.29) is 6.03 Å². The smallest absolute Gasteiger partial charge is 0.320 e. The van der Waals surface area contributed by atoms with Crippen LogP contribution in [-0.4, -0.2) is 17.1 Å².